The van der Waals surface area contributed by atoms with Crippen molar-refractivity contribution < 1.29 is 13.2 Å². The van der Waals surface area contributed by atoms with Gasteiger partial charge in [0.2, 0.25) is 0 Å². The molecule has 1 aromatic rings. The first-order valence-corrected chi connectivity index (χ1v) is 9.57. The van der Waals surface area contributed by atoms with Crippen LogP contribution in [0.3, 0.4) is 0 Å². The Labute approximate surface area is 160 Å². The van der Waals surface area contributed by atoms with Crippen molar-refractivity contribution in [3.63, 3.8) is 0 Å². The monoisotopic (exact) mass is 384 g/mol. The fraction of sp³-hybridized carbons (Fsp3) is 0.650. The minimum absolute atomic E-state index is 0.186. The smallest absolute Gasteiger partial charge is 0.356 e. The highest BCUT2D eigenvalue weighted by Gasteiger charge is 2.26. The third-order valence-corrected chi connectivity index (χ3v) is 4.83. The zero-order chi connectivity index (χ0) is 19.9. The lowest BCUT2D eigenvalue weighted by Gasteiger charge is -2.35. The molecular weight excluding hydrogens is 353 g/mol. The summed E-state index contributed by atoms with van der Waals surface area (Å²) in [4.78, 5) is 6.50. The molecule has 0 aliphatic carbocycles. The van der Waals surface area contributed by atoms with Gasteiger partial charge in [0.15, 0.2) is 5.96 Å². The molecule has 2 rings (SSSR count). The molecule has 0 bridgehead atoms. The van der Waals surface area contributed by atoms with Crippen molar-refractivity contribution in [1.82, 2.24) is 15.5 Å². The number of guanidine groups is 1. The molecule has 7 heteroatoms. The van der Waals surface area contributed by atoms with Crippen LogP contribution in [-0.2, 0) is 13.1 Å². The molecule has 1 aliphatic heterocycles. The standard InChI is InChI=1S/C20H31F3N4/c1-15-10-16(2)13-27(12-15)14-18-7-5-4-6-17(18)11-26-19(24-3)25-9-8-20(21,22)23/h4-7,15-16H,8-14H2,1-3H3,(H2,24,25,26). The number of rotatable bonds is 6. The van der Waals surface area contributed by atoms with E-state index in [0.29, 0.717) is 24.3 Å². The van der Waals surface area contributed by atoms with Crippen LogP contribution in [0.1, 0.15) is 37.8 Å². The summed E-state index contributed by atoms with van der Waals surface area (Å²) >= 11 is 0. The van der Waals surface area contributed by atoms with Crippen molar-refractivity contribution in [2.75, 3.05) is 26.7 Å². The second-order valence-electron chi connectivity index (χ2n) is 7.63. The molecule has 1 saturated heterocycles. The van der Waals surface area contributed by atoms with E-state index in [4.69, 9.17) is 0 Å². The molecule has 27 heavy (non-hydrogen) atoms. The molecule has 0 saturated carbocycles. The summed E-state index contributed by atoms with van der Waals surface area (Å²) in [5, 5.41) is 5.84. The maximum absolute atomic E-state index is 12.3. The fourth-order valence-electron chi connectivity index (χ4n) is 3.77. The van der Waals surface area contributed by atoms with E-state index in [1.165, 1.54) is 12.0 Å². The molecule has 2 unspecified atom stereocenters. The van der Waals surface area contributed by atoms with Gasteiger partial charge in [0, 0.05) is 39.8 Å². The molecule has 1 aromatic carbocycles. The molecule has 0 aromatic heterocycles. The van der Waals surface area contributed by atoms with Crippen LogP contribution in [0.2, 0.25) is 0 Å². The molecule has 1 heterocycles. The number of hydrogen-bond donors (Lipinski definition) is 2. The first-order valence-electron chi connectivity index (χ1n) is 9.57. The lowest BCUT2D eigenvalue weighted by Crippen LogP contribution is -2.39. The van der Waals surface area contributed by atoms with Crippen LogP contribution in [0, 0.1) is 11.8 Å². The van der Waals surface area contributed by atoms with Gasteiger partial charge in [-0.2, -0.15) is 13.2 Å². The maximum atomic E-state index is 12.3. The fourth-order valence-corrected chi connectivity index (χ4v) is 3.77. The van der Waals surface area contributed by atoms with E-state index in [0.717, 1.165) is 25.2 Å². The Kier molecular flexibility index (Phi) is 7.95. The van der Waals surface area contributed by atoms with Crippen LogP contribution in [0.5, 0.6) is 0 Å². The predicted molar refractivity (Wildman–Crippen MR) is 104 cm³/mol. The first-order chi connectivity index (χ1) is 12.8. The largest absolute Gasteiger partial charge is 0.390 e. The highest BCUT2D eigenvalue weighted by atomic mass is 19.4. The van der Waals surface area contributed by atoms with Crippen LogP contribution in [-0.4, -0.2) is 43.7 Å². The minimum atomic E-state index is -4.17. The topological polar surface area (TPSA) is 39.7 Å². The van der Waals surface area contributed by atoms with Crippen LogP contribution in [0.25, 0.3) is 0 Å². The number of halogens is 3. The van der Waals surface area contributed by atoms with Gasteiger partial charge < -0.3 is 10.6 Å². The van der Waals surface area contributed by atoms with Gasteiger partial charge in [0.25, 0.3) is 0 Å². The molecule has 1 aliphatic rings. The van der Waals surface area contributed by atoms with Gasteiger partial charge in [-0.25, -0.2) is 0 Å². The molecular formula is C20H31F3N4. The number of likely N-dealkylation sites (tertiary alicyclic amines) is 1. The van der Waals surface area contributed by atoms with Crippen LogP contribution < -0.4 is 10.6 Å². The third-order valence-electron chi connectivity index (χ3n) is 4.83. The number of nitrogens with one attached hydrogen (secondary N) is 2. The normalized spacial score (nSPS) is 21.9. The lowest BCUT2D eigenvalue weighted by atomic mass is 9.91. The van der Waals surface area contributed by atoms with Crippen molar-refractivity contribution in [2.45, 2.75) is 46.0 Å². The average molecular weight is 384 g/mol. The summed E-state index contributed by atoms with van der Waals surface area (Å²) in [6.07, 6.45) is -3.77. The zero-order valence-corrected chi connectivity index (χ0v) is 16.4. The summed E-state index contributed by atoms with van der Waals surface area (Å²) in [6, 6.07) is 8.21. The van der Waals surface area contributed by atoms with Crippen molar-refractivity contribution in [3.8, 4) is 0 Å². The number of aliphatic imine (C=N–C) groups is 1. The Morgan fingerprint density at radius 3 is 2.33 bits per heavy atom. The van der Waals surface area contributed by atoms with E-state index >= 15 is 0 Å². The Hall–Kier alpha value is -1.76. The molecule has 2 atom stereocenters. The maximum Gasteiger partial charge on any atom is 0.390 e. The average Bonchev–Trinajstić information content (AvgIpc) is 2.57. The van der Waals surface area contributed by atoms with Crippen molar-refractivity contribution in [3.05, 3.63) is 35.4 Å². The highest BCUT2D eigenvalue weighted by Crippen LogP contribution is 2.23. The van der Waals surface area contributed by atoms with Gasteiger partial charge in [0.1, 0.15) is 0 Å². The first kappa shape index (κ1) is 21.5. The summed E-state index contributed by atoms with van der Waals surface area (Å²) in [6.45, 7) is 8.04. The summed E-state index contributed by atoms with van der Waals surface area (Å²) in [5.74, 6) is 1.79. The van der Waals surface area contributed by atoms with Gasteiger partial charge >= 0.3 is 6.18 Å². The van der Waals surface area contributed by atoms with Crippen molar-refractivity contribution in [1.29, 1.82) is 0 Å². The Bertz CT molecular complexity index is 605. The Balaban J connectivity index is 1.91. The van der Waals surface area contributed by atoms with E-state index in [1.807, 2.05) is 12.1 Å². The molecule has 0 radical (unpaired) electrons. The second kappa shape index (κ2) is 9.97. The number of piperidine rings is 1. The predicted octanol–water partition coefficient (Wildman–Crippen LogP) is 3.78. The van der Waals surface area contributed by atoms with E-state index in [9.17, 15) is 13.2 Å². The molecule has 4 nitrogen and oxygen atoms in total. The summed E-state index contributed by atoms with van der Waals surface area (Å²) < 4.78 is 36.9. The van der Waals surface area contributed by atoms with Crippen LogP contribution >= 0.6 is 0 Å². The van der Waals surface area contributed by atoms with E-state index < -0.39 is 12.6 Å². The second-order valence-corrected chi connectivity index (χ2v) is 7.63. The highest BCUT2D eigenvalue weighted by molar-refractivity contribution is 5.79. The van der Waals surface area contributed by atoms with Crippen molar-refractivity contribution >= 4 is 5.96 Å². The van der Waals surface area contributed by atoms with Crippen LogP contribution in [0.15, 0.2) is 29.3 Å². The molecule has 1 fully saturated rings. The Morgan fingerprint density at radius 2 is 1.74 bits per heavy atom. The molecule has 2 N–H and O–H groups in total. The van der Waals surface area contributed by atoms with Gasteiger partial charge in [-0.1, -0.05) is 38.1 Å². The molecule has 0 amide bonds. The number of alkyl halides is 3. The Morgan fingerprint density at radius 1 is 1.11 bits per heavy atom. The van der Waals surface area contributed by atoms with E-state index in [1.54, 1.807) is 7.05 Å². The third kappa shape index (κ3) is 7.79. The summed E-state index contributed by atoms with van der Waals surface area (Å²) in [7, 11) is 1.56. The van der Waals surface area contributed by atoms with Crippen molar-refractivity contribution in [2.24, 2.45) is 16.8 Å². The summed E-state index contributed by atoms with van der Waals surface area (Å²) in [5.41, 5.74) is 2.39. The minimum Gasteiger partial charge on any atom is -0.356 e. The van der Waals surface area contributed by atoms with Crippen LogP contribution in [0.4, 0.5) is 13.2 Å². The van der Waals surface area contributed by atoms with Gasteiger partial charge in [0.05, 0.1) is 6.42 Å². The molecule has 0 spiro atoms. The number of benzene rings is 1. The van der Waals surface area contributed by atoms with Gasteiger partial charge in [-0.3, -0.25) is 9.89 Å². The van der Waals surface area contributed by atoms with Gasteiger partial charge in [-0.05, 0) is 29.4 Å². The van der Waals surface area contributed by atoms with E-state index in [2.05, 4.69) is 46.5 Å². The molecule has 152 valence electrons. The lowest BCUT2D eigenvalue weighted by molar-refractivity contribution is -0.132. The number of hydrogen-bond acceptors (Lipinski definition) is 2. The SMILES string of the molecule is CN=C(NCCC(F)(F)F)NCc1ccccc1CN1CC(C)CC(C)C1. The zero-order valence-electron chi connectivity index (χ0n) is 16.4. The quantitative estimate of drug-likeness (QED) is 0.579. The number of nitrogens with zero attached hydrogens (tertiary/aromatic N) is 2. The van der Waals surface area contributed by atoms with Gasteiger partial charge in [-0.15, -0.1) is 0 Å². The van der Waals surface area contributed by atoms with E-state index in [-0.39, 0.29) is 6.54 Å².